The molecule has 1 N–H and O–H groups in total. The molecule has 0 fully saturated rings. The lowest BCUT2D eigenvalue weighted by atomic mass is 10.1. The third kappa shape index (κ3) is 4.38. The van der Waals surface area contributed by atoms with E-state index in [4.69, 9.17) is 9.15 Å². The zero-order valence-electron chi connectivity index (χ0n) is 13.7. The molecule has 2 aromatic carbocycles. The van der Waals surface area contributed by atoms with Crippen LogP contribution in [-0.2, 0) is 11.2 Å². The molecule has 0 radical (unpaired) electrons. The van der Waals surface area contributed by atoms with Gasteiger partial charge in [0.25, 0.3) is 5.91 Å². The second kappa shape index (κ2) is 7.68. The molecular formula is C20H21NO3. The third-order valence-electron chi connectivity index (χ3n) is 3.90. The first-order valence-electron chi connectivity index (χ1n) is 8.14. The first-order chi connectivity index (χ1) is 11.7. The molecule has 0 aliphatic heterocycles. The van der Waals surface area contributed by atoms with Gasteiger partial charge in [0.15, 0.2) is 6.61 Å². The highest BCUT2D eigenvalue weighted by molar-refractivity contribution is 5.84. The maximum atomic E-state index is 12.0. The minimum Gasteiger partial charge on any atom is -0.484 e. The maximum Gasteiger partial charge on any atom is 0.258 e. The number of amides is 1. The number of furan rings is 1. The first kappa shape index (κ1) is 16.1. The number of fused-ring (bicyclic) bond motifs is 1. The summed E-state index contributed by atoms with van der Waals surface area (Å²) in [4.78, 5) is 12.0. The number of hydrogen-bond donors (Lipinski definition) is 1. The van der Waals surface area contributed by atoms with Gasteiger partial charge in [-0.1, -0.05) is 30.3 Å². The van der Waals surface area contributed by atoms with Gasteiger partial charge in [-0.2, -0.15) is 0 Å². The summed E-state index contributed by atoms with van der Waals surface area (Å²) >= 11 is 0. The van der Waals surface area contributed by atoms with Crippen molar-refractivity contribution in [2.45, 2.75) is 25.8 Å². The molecule has 1 amide bonds. The average Bonchev–Trinajstić information content (AvgIpc) is 3.11. The Hall–Kier alpha value is -2.75. The second-order valence-corrected chi connectivity index (χ2v) is 5.88. The van der Waals surface area contributed by atoms with E-state index in [1.807, 2.05) is 61.5 Å². The van der Waals surface area contributed by atoms with Crippen molar-refractivity contribution >= 4 is 16.7 Å². The van der Waals surface area contributed by atoms with Crippen LogP contribution in [0.25, 0.3) is 10.8 Å². The monoisotopic (exact) mass is 323 g/mol. The molecule has 124 valence electrons. The van der Waals surface area contributed by atoms with Gasteiger partial charge in [0.05, 0.1) is 6.26 Å². The van der Waals surface area contributed by atoms with E-state index in [1.54, 1.807) is 6.26 Å². The predicted molar refractivity (Wildman–Crippen MR) is 94.1 cm³/mol. The van der Waals surface area contributed by atoms with Crippen LogP contribution in [0.4, 0.5) is 0 Å². The highest BCUT2D eigenvalue weighted by atomic mass is 16.5. The number of carbonyl (C=O) groups excluding carboxylic acids is 1. The van der Waals surface area contributed by atoms with E-state index in [9.17, 15) is 4.79 Å². The Labute approximate surface area is 141 Å². The fourth-order valence-electron chi connectivity index (χ4n) is 2.61. The molecular weight excluding hydrogens is 302 g/mol. The molecule has 1 atom stereocenters. The van der Waals surface area contributed by atoms with Crippen LogP contribution in [0.3, 0.4) is 0 Å². The van der Waals surface area contributed by atoms with Gasteiger partial charge in [0.1, 0.15) is 11.5 Å². The molecule has 0 aliphatic rings. The topological polar surface area (TPSA) is 51.5 Å². The molecule has 0 bridgehead atoms. The van der Waals surface area contributed by atoms with Crippen LogP contribution in [0.2, 0.25) is 0 Å². The molecule has 4 nitrogen and oxygen atoms in total. The largest absolute Gasteiger partial charge is 0.484 e. The lowest BCUT2D eigenvalue weighted by molar-refractivity contribution is -0.123. The van der Waals surface area contributed by atoms with Crippen molar-refractivity contribution in [1.29, 1.82) is 0 Å². The highest BCUT2D eigenvalue weighted by Gasteiger charge is 2.09. The van der Waals surface area contributed by atoms with Gasteiger partial charge in [-0.15, -0.1) is 0 Å². The van der Waals surface area contributed by atoms with E-state index in [-0.39, 0.29) is 18.6 Å². The normalized spacial score (nSPS) is 12.0. The fraction of sp³-hybridized carbons (Fsp3) is 0.250. The van der Waals surface area contributed by atoms with Crippen LogP contribution < -0.4 is 10.1 Å². The molecule has 4 heteroatoms. The van der Waals surface area contributed by atoms with Crippen molar-refractivity contribution in [2.75, 3.05) is 6.61 Å². The van der Waals surface area contributed by atoms with Crippen molar-refractivity contribution in [3.8, 4) is 5.75 Å². The quantitative estimate of drug-likeness (QED) is 0.716. The minimum atomic E-state index is -0.116. The molecule has 0 saturated heterocycles. The zero-order chi connectivity index (χ0) is 16.8. The summed E-state index contributed by atoms with van der Waals surface area (Å²) in [5.74, 6) is 1.52. The van der Waals surface area contributed by atoms with E-state index in [0.717, 1.165) is 29.4 Å². The molecule has 0 aliphatic carbocycles. The molecule has 0 unspecified atom stereocenters. The molecule has 3 aromatic rings. The minimum absolute atomic E-state index is 0.0173. The SMILES string of the molecule is C[C@H](CCc1ccco1)NC(=O)COc1ccc2ccccc2c1. The van der Waals surface area contributed by atoms with Crippen molar-refractivity contribution in [3.63, 3.8) is 0 Å². The van der Waals surface area contributed by atoms with E-state index < -0.39 is 0 Å². The van der Waals surface area contributed by atoms with Crippen molar-refractivity contribution in [3.05, 3.63) is 66.6 Å². The average molecular weight is 323 g/mol. The smallest absolute Gasteiger partial charge is 0.258 e. The fourth-order valence-corrected chi connectivity index (χ4v) is 2.61. The summed E-state index contributed by atoms with van der Waals surface area (Å²) in [6.07, 6.45) is 3.30. The summed E-state index contributed by atoms with van der Waals surface area (Å²) in [5.41, 5.74) is 0. The Morgan fingerprint density at radius 2 is 1.96 bits per heavy atom. The highest BCUT2D eigenvalue weighted by Crippen LogP contribution is 2.20. The summed E-state index contributed by atoms with van der Waals surface area (Å²) < 4.78 is 10.9. The number of ether oxygens (including phenoxy) is 1. The summed E-state index contributed by atoms with van der Waals surface area (Å²) in [6, 6.07) is 17.8. The molecule has 1 aromatic heterocycles. The molecule has 0 spiro atoms. The van der Waals surface area contributed by atoms with Crippen molar-refractivity contribution in [1.82, 2.24) is 5.32 Å². The van der Waals surface area contributed by atoms with Gasteiger partial charge in [0, 0.05) is 12.5 Å². The predicted octanol–water partition coefficient (Wildman–Crippen LogP) is 3.95. The number of carbonyl (C=O) groups is 1. The van der Waals surface area contributed by atoms with Crippen LogP contribution in [0.1, 0.15) is 19.1 Å². The van der Waals surface area contributed by atoms with Gasteiger partial charge in [-0.3, -0.25) is 4.79 Å². The van der Waals surface area contributed by atoms with E-state index >= 15 is 0 Å². The van der Waals surface area contributed by atoms with Crippen LogP contribution in [-0.4, -0.2) is 18.6 Å². The van der Waals surface area contributed by atoms with Gasteiger partial charge < -0.3 is 14.5 Å². The first-order valence-corrected chi connectivity index (χ1v) is 8.14. The van der Waals surface area contributed by atoms with Crippen LogP contribution >= 0.6 is 0 Å². The maximum absolute atomic E-state index is 12.0. The molecule has 1 heterocycles. The standard InChI is InChI=1S/C20H21NO3/c1-15(8-10-18-7-4-12-23-18)21-20(22)14-24-19-11-9-16-5-2-3-6-17(16)13-19/h2-7,9,11-13,15H,8,10,14H2,1H3,(H,21,22)/t15-/m1/s1. The van der Waals surface area contributed by atoms with Crippen LogP contribution in [0, 0.1) is 0 Å². The van der Waals surface area contributed by atoms with Crippen LogP contribution in [0.15, 0.2) is 65.3 Å². The van der Waals surface area contributed by atoms with Crippen LogP contribution in [0.5, 0.6) is 5.75 Å². The van der Waals surface area contributed by atoms with E-state index in [0.29, 0.717) is 5.75 Å². The number of aryl methyl sites for hydroxylation is 1. The van der Waals surface area contributed by atoms with Gasteiger partial charge in [-0.05, 0) is 48.4 Å². The van der Waals surface area contributed by atoms with Gasteiger partial charge in [-0.25, -0.2) is 0 Å². The van der Waals surface area contributed by atoms with Gasteiger partial charge >= 0.3 is 0 Å². The van der Waals surface area contributed by atoms with E-state index in [1.165, 1.54) is 0 Å². The Bertz CT molecular complexity index is 796. The number of hydrogen-bond acceptors (Lipinski definition) is 3. The Balaban J connectivity index is 1.45. The Morgan fingerprint density at radius 1 is 1.12 bits per heavy atom. The van der Waals surface area contributed by atoms with Crippen molar-refractivity contribution < 1.29 is 13.9 Å². The number of rotatable bonds is 7. The summed E-state index contributed by atoms with van der Waals surface area (Å²) in [5, 5.41) is 5.20. The molecule has 0 saturated carbocycles. The molecule has 24 heavy (non-hydrogen) atoms. The number of benzene rings is 2. The number of nitrogens with one attached hydrogen (secondary N) is 1. The molecule has 3 rings (SSSR count). The Morgan fingerprint density at radius 3 is 2.75 bits per heavy atom. The van der Waals surface area contributed by atoms with Crippen molar-refractivity contribution in [2.24, 2.45) is 0 Å². The zero-order valence-corrected chi connectivity index (χ0v) is 13.7. The summed E-state index contributed by atoms with van der Waals surface area (Å²) in [6.45, 7) is 2.00. The Kier molecular flexibility index (Phi) is 5.16. The van der Waals surface area contributed by atoms with Gasteiger partial charge in [0.2, 0.25) is 0 Å². The second-order valence-electron chi connectivity index (χ2n) is 5.88. The lowest BCUT2D eigenvalue weighted by Crippen LogP contribution is -2.36. The third-order valence-corrected chi connectivity index (χ3v) is 3.90. The lowest BCUT2D eigenvalue weighted by Gasteiger charge is -2.14. The van der Waals surface area contributed by atoms with E-state index in [2.05, 4.69) is 5.32 Å². The summed E-state index contributed by atoms with van der Waals surface area (Å²) in [7, 11) is 0.